The topological polar surface area (TPSA) is 44.8 Å². The number of methoxy groups -OCH3 is 1. The van der Waals surface area contributed by atoms with Crippen LogP contribution in [0.2, 0.25) is 0 Å². The lowest BCUT2D eigenvalue weighted by Crippen LogP contribution is -2.20. The van der Waals surface area contributed by atoms with Crippen molar-refractivity contribution in [3.63, 3.8) is 0 Å². The normalized spacial score (nSPS) is 11.7. The van der Waals surface area contributed by atoms with Crippen LogP contribution < -0.4 is 4.74 Å². The van der Waals surface area contributed by atoms with Crippen LogP contribution in [0.5, 0.6) is 5.75 Å². The number of halogens is 1. The summed E-state index contributed by atoms with van der Waals surface area (Å²) < 4.78 is 17.8. The second kappa shape index (κ2) is 18.1. The van der Waals surface area contributed by atoms with Crippen molar-refractivity contribution in [1.82, 2.24) is 0 Å². The molecule has 190 valence electrons. The Morgan fingerprint density at radius 1 is 1.03 bits per heavy atom. The van der Waals surface area contributed by atoms with Gasteiger partial charge in [0.15, 0.2) is 6.10 Å². The highest BCUT2D eigenvalue weighted by Crippen LogP contribution is 2.24. The highest BCUT2D eigenvalue weighted by Gasteiger charge is 2.17. The molecule has 0 saturated carbocycles. The third-order valence-corrected chi connectivity index (χ3v) is 5.64. The van der Waals surface area contributed by atoms with Crippen LogP contribution in [0.3, 0.4) is 0 Å². The van der Waals surface area contributed by atoms with Gasteiger partial charge in [0.25, 0.3) is 0 Å². The highest BCUT2D eigenvalue weighted by molar-refractivity contribution is 9.10. The van der Waals surface area contributed by atoms with E-state index in [0.29, 0.717) is 25.4 Å². The Morgan fingerprint density at radius 2 is 1.65 bits per heavy atom. The first-order valence-corrected chi connectivity index (χ1v) is 12.9. The van der Waals surface area contributed by atoms with E-state index in [-0.39, 0.29) is 12.1 Å². The first-order valence-electron chi connectivity index (χ1n) is 12.1. The number of esters is 1. The Labute approximate surface area is 215 Å². The average Bonchev–Trinajstić information content (AvgIpc) is 2.83. The minimum Gasteiger partial charge on any atom is -0.494 e. The summed E-state index contributed by atoms with van der Waals surface area (Å²) in [5.41, 5.74) is 3.45. The van der Waals surface area contributed by atoms with E-state index in [1.807, 2.05) is 83.1 Å². The molecule has 0 fully saturated rings. The van der Waals surface area contributed by atoms with Crippen LogP contribution >= 0.6 is 15.9 Å². The molecule has 0 radical (unpaired) electrons. The second-order valence-electron chi connectivity index (χ2n) is 7.86. The minimum atomic E-state index is -0.191. The molecule has 4 nitrogen and oxygen atoms in total. The molecule has 0 aromatic heterocycles. The van der Waals surface area contributed by atoms with Crippen LogP contribution in [-0.4, -0.2) is 25.8 Å². The summed E-state index contributed by atoms with van der Waals surface area (Å²) in [6.07, 6.45) is 0.909. The maximum absolute atomic E-state index is 11.3. The van der Waals surface area contributed by atoms with Crippen LogP contribution in [0.15, 0.2) is 64.3 Å². The lowest BCUT2D eigenvalue weighted by Gasteiger charge is -2.23. The summed E-state index contributed by atoms with van der Waals surface area (Å²) in [7, 11) is 1.41. The maximum Gasteiger partial charge on any atom is 0.305 e. The SMILES string of the molecule is Brc1ccccc1.CC.CCO/C(=C(\C)C(C)C)C(C)Oc1ccc(CCC(=O)OC)c(C)c1. The summed E-state index contributed by atoms with van der Waals surface area (Å²) >= 11 is 3.31. The van der Waals surface area contributed by atoms with Gasteiger partial charge in [-0.3, -0.25) is 4.79 Å². The van der Waals surface area contributed by atoms with Gasteiger partial charge in [0.05, 0.1) is 13.7 Å². The summed E-state index contributed by atoms with van der Waals surface area (Å²) in [5, 5.41) is 0. The number of allylic oxidation sites excluding steroid dienone is 1. The second-order valence-corrected chi connectivity index (χ2v) is 8.77. The van der Waals surface area contributed by atoms with E-state index in [2.05, 4.69) is 36.7 Å². The lowest BCUT2D eigenvalue weighted by molar-refractivity contribution is -0.140. The fourth-order valence-corrected chi connectivity index (χ4v) is 3.33. The van der Waals surface area contributed by atoms with Gasteiger partial charge in [-0.2, -0.15) is 0 Å². The molecule has 0 N–H and O–H groups in total. The number of hydrogen-bond acceptors (Lipinski definition) is 4. The molecule has 0 aliphatic heterocycles. The number of hydrogen-bond donors (Lipinski definition) is 0. The zero-order valence-corrected chi connectivity index (χ0v) is 24.0. The Balaban J connectivity index is 0.00000101. The Bertz CT molecular complexity index is 860. The van der Waals surface area contributed by atoms with Crippen molar-refractivity contribution in [2.24, 2.45) is 5.92 Å². The molecule has 0 saturated heterocycles. The largest absolute Gasteiger partial charge is 0.494 e. The Hall–Kier alpha value is -2.27. The van der Waals surface area contributed by atoms with Crippen molar-refractivity contribution in [2.75, 3.05) is 13.7 Å². The van der Waals surface area contributed by atoms with E-state index < -0.39 is 0 Å². The number of rotatable bonds is 9. The van der Waals surface area contributed by atoms with Gasteiger partial charge in [0.2, 0.25) is 0 Å². The molecule has 2 aromatic rings. The first-order chi connectivity index (χ1) is 16.2. The molecule has 0 heterocycles. The van der Waals surface area contributed by atoms with Crippen LogP contribution in [0.25, 0.3) is 0 Å². The van der Waals surface area contributed by atoms with E-state index in [1.165, 1.54) is 12.7 Å². The lowest BCUT2D eigenvalue weighted by atomic mass is 10.0. The van der Waals surface area contributed by atoms with Gasteiger partial charge >= 0.3 is 5.97 Å². The van der Waals surface area contributed by atoms with Crippen LogP contribution in [0.4, 0.5) is 0 Å². The molecular weight excluding hydrogens is 492 g/mol. The maximum atomic E-state index is 11.3. The monoisotopic (exact) mass is 534 g/mol. The van der Waals surface area contributed by atoms with Gasteiger partial charge < -0.3 is 14.2 Å². The third-order valence-electron chi connectivity index (χ3n) is 5.11. The fraction of sp³-hybridized carbons (Fsp3) is 0.483. The molecule has 34 heavy (non-hydrogen) atoms. The van der Waals surface area contributed by atoms with Gasteiger partial charge in [-0.15, -0.1) is 0 Å². The predicted octanol–water partition coefficient (Wildman–Crippen LogP) is 8.31. The van der Waals surface area contributed by atoms with Gasteiger partial charge in [0.1, 0.15) is 11.5 Å². The van der Waals surface area contributed by atoms with Crippen LogP contribution in [0, 0.1) is 12.8 Å². The van der Waals surface area contributed by atoms with E-state index >= 15 is 0 Å². The summed E-state index contributed by atoms with van der Waals surface area (Å²) in [6.45, 7) is 17.1. The number of benzene rings is 2. The first kappa shape index (κ1) is 31.7. The fourth-order valence-electron chi connectivity index (χ4n) is 3.03. The molecule has 2 aromatic carbocycles. The van der Waals surface area contributed by atoms with E-state index in [0.717, 1.165) is 27.1 Å². The van der Waals surface area contributed by atoms with Crippen molar-refractivity contribution < 1.29 is 19.0 Å². The Morgan fingerprint density at radius 3 is 2.09 bits per heavy atom. The molecule has 0 aliphatic rings. The number of aryl methyl sites for hydroxylation is 2. The van der Waals surface area contributed by atoms with Crippen molar-refractivity contribution in [2.45, 2.75) is 74.3 Å². The van der Waals surface area contributed by atoms with Crippen molar-refractivity contribution in [1.29, 1.82) is 0 Å². The molecule has 0 spiro atoms. The quantitative estimate of drug-likeness (QED) is 0.239. The molecule has 1 atom stereocenters. The standard InChI is InChI=1S/C21H32O4.C6H5Br.C2H6/c1-8-24-21(16(5)14(2)3)17(6)25-19-11-9-18(15(4)13-19)10-12-20(22)23-7;7-6-4-2-1-3-5-6;1-2/h9,11,13-14,17H,8,10,12H2,1-7H3;1-5H;1-2H3/b21-16+;;. The molecule has 0 aliphatic carbocycles. The summed E-state index contributed by atoms with van der Waals surface area (Å²) in [6, 6.07) is 15.9. The van der Waals surface area contributed by atoms with E-state index in [1.54, 1.807) is 0 Å². The summed E-state index contributed by atoms with van der Waals surface area (Å²) in [4.78, 5) is 11.3. The van der Waals surface area contributed by atoms with Gasteiger partial charge in [0, 0.05) is 10.9 Å². The van der Waals surface area contributed by atoms with Crippen molar-refractivity contribution in [3.05, 3.63) is 75.5 Å². The predicted molar refractivity (Wildman–Crippen MR) is 146 cm³/mol. The molecular formula is C29H43BrO4. The van der Waals surface area contributed by atoms with Crippen LogP contribution in [0.1, 0.15) is 66.0 Å². The highest BCUT2D eigenvalue weighted by atomic mass is 79.9. The molecule has 2 rings (SSSR count). The molecule has 0 amide bonds. The zero-order valence-electron chi connectivity index (χ0n) is 22.4. The van der Waals surface area contributed by atoms with Crippen molar-refractivity contribution >= 4 is 21.9 Å². The van der Waals surface area contributed by atoms with E-state index in [9.17, 15) is 4.79 Å². The summed E-state index contributed by atoms with van der Waals surface area (Å²) in [5.74, 6) is 1.93. The van der Waals surface area contributed by atoms with Gasteiger partial charge in [-0.25, -0.2) is 0 Å². The molecule has 0 bridgehead atoms. The van der Waals surface area contributed by atoms with Crippen LogP contribution in [-0.2, 0) is 20.7 Å². The number of carbonyl (C=O) groups is 1. The third kappa shape index (κ3) is 12.3. The zero-order chi connectivity index (χ0) is 26.1. The number of ether oxygens (including phenoxy) is 3. The minimum absolute atomic E-state index is 0.150. The smallest absolute Gasteiger partial charge is 0.305 e. The molecule has 1 unspecified atom stereocenters. The van der Waals surface area contributed by atoms with Crippen molar-refractivity contribution in [3.8, 4) is 5.75 Å². The number of carbonyl (C=O) groups excluding carboxylic acids is 1. The van der Waals surface area contributed by atoms with Gasteiger partial charge in [-0.1, -0.05) is 67.9 Å². The molecule has 5 heteroatoms. The Kier molecular flexibility index (Phi) is 16.9. The van der Waals surface area contributed by atoms with E-state index in [4.69, 9.17) is 14.2 Å². The average molecular weight is 536 g/mol. The van der Waals surface area contributed by atoms with Gasteiger partial charge in [-0.05, 0) is 81.0 Å².